The normalized spacial score (nSPS) is 13.7. The maximum absolute atomic E-state index is 13.0. The fraction of sp³-hybridized carbons (Fsp3) is 0.167. The van der Waals surface area contributed by atoms with Crippen LogP contribution in [0.25, 0.3) is 0 Å². The molecule has 3 aromatic rings. The van der Waals surface area contributed by atoms with Gasteiger partial charge in [0.05, 0.1) is 11.4 Å². The van der Waals surface area contributed by atoms with Crippen molar-refractivity contribution in [3.05, 3.63) is 80.5 Å². The minimum absolute atomic E-state index is 0.00849. The van der Waals surface area contributed by atoms with E-state index in [-0.39, 0.29) is 16.6 Å². The zero-order valence-electron chi connectivity index (χ0n) is 18.4. The molecular weight excluding hydrogens is 460 g/mol. The Kier molecular flexibility index (Phi) is 6.05. The van der Waals surface area contributed by atoms with Gasteiger partial charge in [-0.15, -0.1) is 11.3 Å². The first-order chi connectivity index (χ1) is 15.7. The maximum Gasteiger partial charge on any atom is 0.283 e. The zero-order chi connectivity index (χ0) is 23.9. The number of nitrogens with zero attached hydrogens (tertiary/aromatic N) is 2. The number of nitrogens with one attached hydrogen (secondary N) is 2. The molecule has 0 bridgehead atoms. The number of hydrogen-bond acceptors (Lipinski definition) is 6. The number of halogens is 1. The second-order valence-electron chi connectivity index (χ2n) is 7.72. The quantitative estimate of drug-likeness (QED) is 0.498. The number of hydrogen-bond donors (Lipinski definition) is 2. The predicted molar refractivity (Wildman–Crippen MR) is 131 cm³/mol. The van der Waals surface area contributed by atoms with Crippen LogP contribution in [0.5, 0.6) is 0 Å². The summed E-state index contributed by atoms with van der Waals surface area (Å²) in [6, 6.07) is 11.8. The maximum atomic E-state index is 13.0. The van der Waals surface area contributed by atoms with Gasteiger partial charge in [-0.2, -0.15) is 0 Å². The van der Waals surface area contributed by atoms with Crippen molar-refractivity contribution in [2.24, 2.45) is 0 Å². The molecule has 1 aliphatic heterocycles. The lowest BCUT2D eigenvalue weighted by Crippen LogP contribution is -2.32. The highest BCUT2D eigenvalue weighted by Crippen LogP contribution is 2.31. The van der Waals surface area contributed by atoms with Gasteiger partial charge >= 0.3 is 0 Å². The molecule has 4 rings (SSSR count). The van der Waals surface area contributed by atoms with E-state index in [1.807, 2.05) is 33.8 Å². The lowest BCUT2D eigenvalue weighted by Gasteiger charge is -2.16. The minimum atomic E-state index is -0.586. The zero-order valence-corrected chi connectivity index (χ0v) is 20.0. The third-order valence-electron chi connectivity index (χ3n) is 5.44. The van der Waals surface area contributed by atoms with Gasteiger partial charge in [0.15, 0.2) is 5.13 Å². The van der Waals surface area contributed by atoms with Crippen LogP contribution in [0.3, 0.4) is 0 Å². The Balaban J connectivity index is 1.49. The van der Waals surface area contributed by atoms with E-state index < -0.39 is 11.8 Å². The van der Waals surface area contributed by atoms with Crippen LogP contribution in [0.15, 0.2) is 53.2 Å². The van der Waals surface area contributed by atoms with Gasteiger partial charge in [0, 0.05) is 16.1 Å². The first kappa shape index (κ1) is 22.7. The number of amides is 3. The smallest absolute Gasteiger partial charge is 0.283 e. The first-order valence-corrected chi connectivity index (χ1v) is 11.3. The van der Waals surface area contributed by atoms with E-state index in [0.29, 0.717) is 22.1 Å². The number of carbonyl (C=O) groups is 3. The van der Waals surface area contributed by atoms with E-state index in [9.17, 15) is 14.4 Å². The number of aryl methyl sites for hydroxylation is 4. The Morgan fingerprint density at radius 2 is 1.67 bits per heavy atom. The number of thiazole rings is 1. The average Bonchev–Trinajstić information content (AvgIpc) is 3.20. The highest BCUT2D eigenvalue weighted by molar-refractivity contribution is 7.15. The van der Waals surface area contributed by atoms with Gasteiger partial charge in [-0.25, -0.2) is 9.88 Å². The number of anilines is 3. The van der Waals surface area contributed by atoms with Crippen molar-refractivity contribution < 1.29 is 14.4 Å². The largest absolute Gasteiger partial charge is 0.350 e. The summed E-state index contributed by atoms with van der Waals surface area (Å²) in [6.07, 6.45) is 0. The van der Waals surface area contributed by atoms with Gasteiger partial charge in [0.2, 0.25) is 0 Å². The molecule has 0 aliphatic carbocycles. The molecule has 0 fully saturated rings. The van der Waals surface area contributed by atoms with Crippen LogP contribution in [-0.2, 0) is 9.59 Å². The van der Waals surface area contributed by atoms with Gasteiger partial charge in [-0.1, -0.05) is 17.7 Å². The summed E-state index contributed by atoms with van der Waals surface area (Å²) in [5, 5.41) is 6.05. The van der Waals surface area contributed by atoms with Crippen LogP contribution in [0, 0.1) is 27.7 Å². The molecule has 33 heavy (non-hydrogen) atoms. The van der Waals surface area contributed by atoms with Crippen molar-refractivity contribution in [1.82, 2.24) is 4.98 Å². The fourth-order valence-corrected chi connectivity index (χ4v) is 4.28. The number of imide groups is 1. The summed E-state index contributed by atoms with van der Waals surface area (Å²) in [5.74, 6) is -1.41. The summed E-state index contributed by atoms with van der Waals surface area (Å²) in [7, 11) is 0. The van der Waals surface area contributed by atoms with Crippen LogP contribution < -0.4 is 15.5 Å². The summed E-state index contributed by atoms with van der Waals surface area (Å²) in [5.41, 5.74) is 4.29. The van der Waals surface area contributed by atoms with Crippen molar-refractivity contribution in [1.29, 1.82) is 0 Å². The third kappa shape index (κ3) is 4.40. The van der Waals surface area contributed by atoms with Gasteiger partial charge in [0.1, 0.15) is 10.7 Å². The molecule has 7 nitrogen and oxygen atoms in total. The second-order valence-corrected chi connectivity index (χ2v) is 9.30. The summed E-state index contributed by atoms with van der Waals surface area (Å²) in [4.78, 5) is 44.5. The summed E-state index contributed by atoms with van der Waals surface area (Å²) in [6.45, 7) is 7.69. The monoisotopic (exact) mass is 480 g/mol. The molecule has 3 amide bonds. The second kappa shape index (κ2) is 8.80. The molecule has 0 unspecified atom stereocenters. The fourth-order valence-electron chi connectivity index (χ4n) is 3.26. The van der Waals surface area contributed by atoms with E-state index in [0.717, 1.165) is 26.6 Å². The van der Waals surface area contributed by atoms with Gasteiger partial charge in [-0.05, 0) is 75.2 Å². The molecular formula is C24H21ClN4O3S. The SMILES string of the molecule is Cc1ccc(N2C(=O)C(Cl)=C(Nc3ccc(C(=O)Nc4nc(C)c(C)s4)cc3)C2=O)cc1C. The molecule has 0 radical (unpaired) electrons. The van der Waals surface area contributed by atoms with Crippen molar-refractivity contribution in [2.75, 3.05) is 15.5 Å². The molecule has 2 N–H and O–H groups in total. The molecule has 0 spiro atoms. The summed E-state index contributed by atoms with van der Waals surface area (Å²) < 4.78 is 0. The van der Waals surface area contributed by atoms with Crippen molar-refractivity contribution >= 4 is 57.2 Å². The number of carbonyl (C=O) groups excluding carboxylic acids is 3. The lowest BCUT2D eigenvalue weighted by molar-refractivity contribution is -0.120. The van der Waals surface area contributed by atoms with Crippen LogP contribution in [0.4, 0.5) is 16.5 Å². The summed E-state index contributed by atoms with van der Waals surface area (Å²) >= 11 is 7.62. The highest BCUT2D eigenvalue weighted by atomic mass is 35.5. The molecule has 9 heteroatoms. The van der Waals surface area contributed by atoms with Crippen LogP contribution in [0.1, 0.15) is 32.1 Å². The van der Waals surface area contributed by atoms with E-state index in [4.69, 9.17) is 11.6 Å². The Morgan fingerprint density at radius 3 is 2.27 bits per heavy atom. The lowest BCUT2D eigenvalue weighted by atomic mass is 10.1. The molecule has 168 valence electrons. The molecule has 1 aromatic heterocycles. The van der Waals surface area contributed by atoms with Crippen LogP contribution >= 0.6 is 22.9 Å². The Morgan fingerprint density at radius 1 is 0.970 bits per heavy atom. The minimum Gasteiger partial charge on any atom is -0.350 e. The van der Waals surface area contributed by atoms with Crippen LogP contribution in [-0.4, -0.2) is 22.7 Å². The van der Waals surface area contributed by atoms with Crippen LogP contribution in [0.2, 0.25) is 0 Å². The molecule has 0 atom stereocenters. The van der Waals surface area contributed by atoms with E-state index in [2.05, 4.69) is 15.6 Å². The molecule has 1 aliphatic rings. The third-order valence-corrected chi connectivity index (χ3v) is 6.78. The highest BCUT2D eigenvalue weighted by Gasteiger charge is 2.39. The van der Waals surface area contributed by atoms with E-state index in [1.165, 1.54) is 11.3 Å². The Bertz CT molecular complexity index is 1310. The van der Waals surface area contributed by atoms with Crippen molar-refractivity contribution in [3.63, 3.8) is 0 Å². The first-order valence-electron chi connectivity index (χ1n) is 10.1. The number of aromatic nitrogens is 1. The van der Waals surface area contributed by atoms with Gasteiger partial charge < -0.3 is 5.32 Å². The Labute approximate surface area is 200 Å². The van der Waals surface area contributed by atoms with E-state index in [1.54, 1.807) is 36.4 Å². The van der Waals surface area contributed by atoms with Gasteiger partial charge in [0.25, 0.3) is 17.7 Å². The molecule has 2 heterocycles. The number of rotatable bonds is 5. The molecule has 0 saturated carbocycles. The Hall–Kier alpha value is -3.49. The average molecular weight is 481 g/mol. The van der Waals surface area contributed by atoms with Crippen molar-refractivity contribution in [3.8, 4) is 0 Å². The predicted octanol–water partition coefficient (Wildman–Crippen LogP) is 5.06. The standard InChI is InChI=1S/C24H21ClN4O3S/c1-12-5-10-18(11-13(12)2)29-22(31)19(25)20(23(29)32)27-17-8-6-16(7-9-17)21(30)28-24-26-14(3)15(4)33-24/h5-11,27H,1-4H3,(H,26,28,30). The van der Waals surface area contributed by atoms with E-state index >= 15 is 0 Å². The van der Waals surface area contributed by atoms with Gasteiger partial charge in [-0.3, -0.25) is 19.7 Å². The topological polar surface area (TPSA) is 91.4 Å². The number of benzene rings is 2. The molecule has 2 aromatic carbocycles. The van der Waals surface area contributed by atoms with Crippen molar-refractivity contribution in [2.45, 2.75) is 27.7 Å². The molecule has 0 saturated heterocycles.